The third-order valence-corrected chi connectivity index (χ3v) is 6.69. The molecule has 2 heterocycles. The number of halogens is 6. The summed E-state index contributed by atoms with van der Waals surface area (Å²) in [6.45, 7) is 0.355. The van der Waals surface area contributed by atoms with Crippen molar-refractivity contribution in [1.29, 1.82) is 0 Å². The highest BCUT2D eigenvalue weighted by molar-refractivity contribution is 6.01. The van der Waals surface area contributed by atoms with Crippen molar-refractivity contribution in [2.45, 2.75) is 50.1 Å². The van der Waals surface area contributed by atoms with E-state index in [2.05, 4.69) is 0 Å². The highest BCUT2D eigenvalue weighted by Gasteiger charge is 2.42. The Kier molecular flexibility index (Phi) is 7.16. The smallest absolute Gasteiger partial charge is 0.376 e. The molecule has 0 atom stereocenters. The Labute approximate surface area is 203 Å². The number of hydrazine groups is 1. The Hall–Kier alpha value is -2.92. The molecule has 11 heteroatoms. The Bertz CT molecular complexity index is 1060. The monoisotopic (exact) mass is 514 g/mol. The summed E-state index contributed by atoms with van der Waals surface area (Å²) in [5.74, 6) is -0.512. The van der Waals surface area contributed by atoms with Crippen LogP contribution in [0.25, 0.3) is 0 Å². The number of nitrogens with zero attached hydrogens (tertiary/aromatic N) is 2. The second-order valence-corrected chi connectivity index (χ2v) is 9.11. The SMILES string of the molecule is O=C1CCC(=O)N1N1CCC(COCc2cc(C(F)(F)F)cc(C(F)(F)F)c2)(c2ccccc2)CC1. The van der Waals surface area contributed by atoms with Gasteiger partial charge in [-0.05, 0) is 42.2 Å². The molecule has 5 nitrogen and oxygen atoms in total. The molecule has 2 aliphatic rings. The van der Waals surface area contributed by atoms with Gasteiger partial charge < -0.3 is 4.74 Å². The van der Waals surface area contributed by atoms with Gasteiger partial charge in [0.25, 0.3) is 0 Å². The molecule has 2 fully saturated rings. The van der Waals surface area contributed by atoms with Crippen molar-refractivity contribution in [3.8, 4) is 0 Å². The van der Waals surface area contributed by atoms with Gasteiger partial charge in [0, 0.05) is 31.3 Å². The number of carbonyl (C=O) groups is 2. The number of carbonyl (C=O) groups excluding carboxylic acids is 2. The lowest BCUT2D eigenvalue weighted by Gasteiger charge is -2.44. The lowest BCUT2D eigenvalue weighted by molar-refractivity contribution is -0.160. The van der Waals surface area contributed by atoms with Crippen LogP contribution >= 0.6 is 0 Å². The van der Waals surface area contributed by atoms with Crippen molar-refractivity contribution < 1.29 is 40.7 Å². The molecule has 2 saturated heterocycles. The third kappa shape index (κ3) is 5.57. The van der Waals surface area contributed by atoms with Crippen LogP contribution in [0.4, 0.5) is 26.3 Å². The first-order valence-electron chi connectivity index (χ1n) is 11.4. The van der Waals surface area contributed by atoms with Crippen LogP contribution < -0.4 is 0 Å². The molecule has 0 saturated carbocycles. The first-order valence-corrected chi connectivity index (χ1v) is 11.4. The van der Waals surface area contributed by atoms with E-state index in [1.807, 2.05) is 30.3 Å². The highest BCUT2D eigenvalue weighted by Crippen LogP contribution is 2.39. The van der Waals surface area contributed by atoms with E-state index in [4.69, 9.17) is 4.74 Å². The van der Waals surface area contributed by atoms with E-state index in [1.54, 1.807) is 5.01 Å². The van der Waals surface area contributed by atoms with Gasteiger partial charge >= 0.3 is 12.4 Å². The first kappa shape index (κ1) is 26.2. The predicted octanol–water partition coefficient (Wildman–Crippen LogP) is 5.34. The van der Waals surface area contributed by atoms with Crippen LogP contribution in [-0.4, -0.2) is 41.5 Å². The maximum Gasteiger partial charge on any atom is 0.416 e. The van der Waals surface area contributed by atoms with Crippen LogP contribution in [0, 0.1) is 0 Å². The molecule has 2 aromatic carbocycles. The van der Waals surface area contributed by atoms with Crippen molar-refractivity contribution in [3.63, 3.8) is 0 Å². The van der Waals surface area contributed by atoms with Crippen LogP contribution in [0.1, 0.15) is 47.9 Å². The summed E-state index contributed by atoms with van der Waals surface area (Å²) in [4.78, 5) is 24.2. The lowest BCUT2D eigenvalue weighted by atomic mass is 9.73. The normalized spacial score (nSPS) is 19.2. The van der Waals surface area contributed by atoms with E-state index >= 15 is 0 Å². The van der Waals surface area contributed by atoms with Crippen molar-refractivity contribution in [2.75, 3.05) is 19.7 Å². The average molecular weight is 514 g/mol. The zero-order valence-electron chi connectivity index (χ0n) is 19.2. The van der Waals surface area contributed by atoms with Crippen molar-refractivity contribution >= 4 is 11.8 Å². The number of hydrogen-bond acceptors (Lipinski definition) is 4. The van der Waals surface area contributed by atoms with Gasteiger partial charge in [0.2, 0.25) is 11.8 Å². The fraction of sp³-hybridized carbons (Fsp3) is 0.440. The molecule has 0 aromatic heterocycles. The maximum absolute atomic E-state index is 13.2. The summed E-state index contributed by atoms with van der Waals surface area (Å²) in [6, 6.07) is 10.7. The minimum atomic E-state index is -4.93. The topological polar surface area (TPSA) is 49.9 Å². The summed E-state index contributed by atoms with van der Waals surface area (Å²) < 4.78 is 84.9. The second kappa shape index (κ2) is 9.85. The van der Waals surface area contributed by atoms with E-state index in [9.17, 15) is 35.9 Å². The summed E-state index contributed by atoms with van der Waals surface area (Å²) in [5.41, 5.74) is -2.68. The van der Waals surface area contributed by atoms with Crippen molar-refractivity contribution in [2.24, 2.45) is 0 Å². The lowest BCUT2D eigenvalue weighted by Crippen LogP contribution is -2.53. The largest absolute Gasteiger partial charge is 0.416 e. The molecule has 0 radical (unpaired) electrons. The number of amides is 2. The van der Waals surface area contributed by atoms with Gasteiger partial charge in [-0.15, -0.1) is 0 Å². The Morgan fingerprint density at radius 3 is 1.83 bits per heavy atom. The summed E-state index contributed by atoms with van der Waals surface area (Å²) >= 11 is 0. The van der Waals surface area contributed by atoms with Gasteiger partial charge in [-0.2, -0.15) is 26.3 Å². The van der Waals surface area contributed by atoms with Crippen LogP contribution in [0.15, 0.2) is 48.5 Å². The van der Waals surface area contributed by atoms with E-state index in [0.29, 0.717) is 38.1 Å². The van der Waals surface area contributed by atoms with E-state index in [0.717, 1.165) is 5.56 Å². The summed E-state index contributed by atoms with van der Waals surface area (Å²) in [6.07, 6.45) is -8.58. The standard InChI is InChI=1S/C25H24F6N2O3/c26-24(27,28)19-12-17(13-20(14-19)25(29,30)31)15-36-16-23(18-4-2-1-3-5-18)8-10-32(11-9-23)33-21(34)6-7-22(33)35/h1-5,12-14H,6-11,15-16H2. The first-order chi connectivity index (χ1) is 16.9. The van der Waals surface area contributed by atoms with Crippen molar-refractivity contribution in [3.05, 3.63) is 70.8 Å². The Balaban J connectivity index is 1.51. The highest BCUT2D eigenvalue weighted by atomic mass is 19.4. The minimum Gasteiger partial charge on any atom is -0.376 e. The fourth-order valence-corrected chi connectivity index (χ4v) is 4.78. The van der Waals surface area contributed by atoms with Gasteiger partial charge in [-0.3, -0.25) is 9.59 Å². The van der Waals surface area contributed by atoms with Crippen LogP contribution in [0.5, 0.6) is 0 Å². The molecule has 0 spiro atoms. The Morgan fingerprint density at radius 1 is 0.806 bits per heavy atom. The van der Waals surface area contributed by atoms with E-state index in [1.165, 1.54) is 5.01 Å². The molecular weight excluding hydrogens is 490 g/mol. The molecule has 194 valence electrons. The van der Waals surface area contributed by atoms with Gasteiger partial charge in [-0.1, -0.05) is 30.3 Å². The van der Waals surface area contributed by atoms with E-state index < -0.39 is 35.5 Å². The molecule has 2 aromatic rings. The molecule has 0 N–H and O–H groups in total. The number of alkyl halides is 6. The molecular formula is C25H24F6N2O3. The zero-order valence-corrected chi connectivity index (χ0v) is 19.2. The van der Waals surface area contributed by atoms with Gasteiger partial charge in [0.05, 0.1) is 24.3 Å². The van der Waals surface area contributed by atoms with Gasteiger partial charge in [-0.25, -0.2) is 10.0 Å². The summed E-state index contributed by atoms with van der Waals surface area (Å²) in [7, 11) is 0. The molecule has 0 bridgehead atoms. The van der Waals surface area contributed by atoms with E-state index in [-0.39, 0.29) is 42.9 Å². The third-order valence-electron chi connectivity index (χ3n) is 6.69. The second-order valence-electron chi connectivity index (χ2n) is 9.11. The zero-order chi connectivity index (χ0) is 26.1. The average Bonchev–Trinajstić information content (AvgIpc) is 3.16. The molecule has 2 aliphatic heterocycles. The molecule has 4 rings (SSSR count). The van der Waals surface area contributed by atoms with Gasteiger partial charge in [0.15, 0.2) is 0 Å². The van der Waals surface area contributed by atoms with Crippen molar-refractivity contribution in [1.82, 2.24) is 10.0 Å². The number of piperidine rings is 1. The maximum atomic E-state index is 13.2. The molecule has 36 heavy (non-hydrogen) atoms. The number of hydrogen-bond donors (Lipinski definition) is 0. The summed E-state index contributed by atoms with van der Waals surface area (Å²) in [5, 5.41) is 2.87. The number of imide groups is 1. The molecule has 0 unspecified atom stereocenters. The minimum absolute atomic E-state index is 0.0460. The van der Waals surface area contributed by atoms with Crippen LogP contribution in [0.3, 0.4) is 0 Å². The quantitative estimate of drug-likeness (QED) is 0.386. The van der Waals surface area contributed by atoms with Crippen LogP contribution in [0.2, 0.25) is 0 Å². The molecule has 0 aliphatic carbocycles. The van der Waals surface area contributed by atoms with Crippen LogP contribution in [-0.2, 0) is 38.7 Å². The predicted molar refractivity (Wildman–Crippen MR) is 116 cm³/mol. The Morgan fingerprint density at radius 2 is 1.33 bits per heavy atom. The molecule has 2 amide bonds. The number of rotatable bonds is 6. The number of ether oxygens (including phenoxy) is 1. The fourth-order valence-electron chi connectivity index (χ4n) is 4.78. The number of benzene rings is 2. The van der Waals surface area contributed by atoms with Gasteiger partial charge in [0.1, 0.15) is 0 Å².